The van der Waals surface area contributed by atoms with Gasteiger partial charge in [0.2, 0.25) is 0 Å². The molecule has 1 N–H and O–H groups in total. The molecule has 0 saturated heterocycles. The van der Waals surface area contributed by atoms with E-state index in [1.54, 1.807) is 0 Å². The van der Waals surface area contributed by atoms with Crippen molar-refractivity contribution in [3.05, 3.63) is 162 Å². The number of nitrogens with zero attached hydrogens (tertiary/aromatic N) is 1. The lowest BCUT2D eigenvalue weighted by Gasteiger charge is -2.46. The average molecular weight is 698 g/mol. The van der Waals surface area contributed by atoms with Crippen LogP contribution in [0.15, 0.2) is 140 Å². The van der Waals surface area contributed by atoms with Crippen LogP contribution in [0.1, 0.15) is 76.6 Å². The second-order valence-corrected chi connectivity index (χ2v) is 17.6. The number of benzene rings is 7. The molecular formula is C51H46BN2. The highest BCUT2D eigenvalue weighted by atomic mass is 15.2. The largest absolute Gasteiger partial charge is 0.355 e. The van der Waals surface area contributed by atoms with Crippen LogP contribution in [-0.2, 0) is 16.2 Å². The van der Waals surface area contributed by atoms with Crippen molar-refractivity contribution in [2.45, 2.75) is 70.6 Å². The quantitative estimate of drug-likeness (QED) is 0.184. The van der Waals surface area contributed by atoms with E-state index in [9.17, 15) is 0 Å². The van der Waals surface area contributed by atoms with Gasteiger partial charge in [-0.15, -0.1) is 0 Å². The van der Waals surface area contributed by atoms with Crippen LogP contribution in [0.5, 0.6) is 0 Å². The Labute approximate surface area is 321 Å². The Balaban J connectivity index is 1.24. The summed E-state index contributed by atoms with van der Waals surface area (Å²) >= 11 is 0. The summed E-state index contributed by atoms with van der Waals surface area (Å²) < 4.78 is 0. The van der Waals surface area contributed by atoms with E-state index in [1.165, 1.54) is 89.7 Å². The molecule has 0 bridgehead atoms. The summed E-state index contributed by atoms with van der Waals surface area (Å²) in [5.74, 6) is 0. The first-order chi connectivity index (χ1) is 26.0. The molecule has 2 heterocycles. The fourth-order valence-corrected chi connectivity index (χ4v) is 9.73. The molecule has 1 aliphatic carbocycles. The Hall–Kier alpha value is -5.54. The van der Waals surface area contributed by atoms with Crippen LogP contribution < -0.4 is 21.1 Å². The standard InChI is InChI=1S/C51H46BN2/c1-49(2)27-28-50(3,4)41-31-43(53-35-25-23-33(24-26-35)32-15-8-7-9-16-32)37(30-40(41)49)46-36-18-11-10-17-34(36)29-45-47(46)52-42-21-14-20-39-48(42)54(45)44-22-13-12-19-38(44)51(39,5)6/h7-26,29-31,53H,27-28H2,1-6H3. The molecule has 3 heteroatoms. The zero-order chi connectivity index (χ0) is 37.0. The van der Waals surface area contributed by atoms with Crippen molar-refractivity contribution in [2.75, 3.05) is 10.2 Å². The van der Waals surface area contributed by atoms with E-state index in [0.29, 0.717) is 0 Å². The summed E-state index contributed by atoms with van der Waals surface area (Å²) in [5, 5.41) is 6.52. The predicted molar refractivity (Wildman–Crippen MR) is 232 cm³/mol. The molecule has 3 aliphatic rings. The van der Waals surface area contributed by atoms with Gasteiger partial charge >= 0.3 is 0 Å². The van der Waals surface area contributed by atoms with Crippen molar-refractivity contribution in [3.63, 3.8) is 0 Å². The van der Waals surface area contributed by atoms with E-state index < -0.39 is 0 Å². The third kappa shape index (κ3) is 4.94. The van der Waals surface area contributed by atoms with Gasteiger partial charge in [0, 0.05) is 33.7 Å². The number of rotatable bonds is 4. The highest BCUT2D eigenvalue weighted by Crippen LogP contribution is 2.54. The summed E-state index contributed by atoms with van der Waals surface area (Å²) in [6.45, 7) is 14.5. The summed E-state index contributed by atoms with van der Waals surface area (Å²) in [4.78, 5) is 2.57. The summed E-state index contributed by atoms with van der Waals surface area (Å²) in [6.07, 6.45) is 2.33. The molecule has 10 rings (SSSR count). The van der Waals surface area contributed by atoms with Crippen LogP contribution >= 0.6 is 0 Å². The van der Waals surface area contributed by atoms with Gasteiger partial charge in [0.15, 0.2) is 7.28 Å². The second-order valence-electron chi connectivity index (χ2n) is 17.6. The van der Waals surface area contributed by atoms with Crippen molar-refractivity contribution < 1.29 is 0 Å². The van der Waals surface area contributed by atoms with E-state index >= 15 is 0 Å². The third-order valence-electron chi connectivity index (χ3n) is 12.9. The Kier molecular flexibility index (Phi) is 7.18. The molecule has 7 aromatic rings. The van der Waals surface area contributed by atoms with Crippen molar-refractivity contribution >= 4 is 57.4 Å². The van der Waals surface area contributed by atoms with Gasteiger partial charge in [0.1, 0.15) is 0 Å². The number of nitrogens with one attached hydrogen (secondary N) is 1. The van der Waals surface area contributed by atoms with Gasteiger partial charge < -0.3 is 10.2 Å². The zero-order valence-corrected chi connectivity index (χ0v) is 32.2. The second kappa shape index (κ2) is 11.7. The molecule has 0 aromatic heterocycles. The monoisotopic (exact) mass is 697 g/mol. The number of hydrogen-bond acceptors (Lipinski definition) is 2. The highest BCUT2D eigenvalue weighted by molar-refractivity contribution is 6.74. The van der Waals surface area contributed by atoms with Crippen LogP contribution in [0.4, 0.5) is 28.4 Å². The molecular weight excluding hydrogens is 651 g/mol. The Morgan fingerprint density at radius 2 is 1.20 bits per heavy atom. The highest BCUT2D eigenvalue weighted by Gasteiger charge is 2.42. The Morgan fingerprint density at radius 1 is 0.556 bits per heavy atom. The van der Waals surface area contributed by atoms with Gasteiger partial charge in [-0.25, -0.2) is 0 Å². The molecule has 0 unspecified atom stereocenters. The zero-order valence-electron chi connectivity index (χ0n) is 32.2. The van der Waals surface area contributed by atoms with Crippen LogP contribution in [0.2, 0.25) is 0 Å². The van der Waals surface area contributed by atoms with E-state index in [1.807, 2.05) is 0 Å². The molecule has 0 spiro atoms. The van der Waals surface area contributed by atoms with Gasteiger partial charge in [-0.3, -0.25) is 0 Å². The van der Waals surface area contributed by atoms with Gasteiger partial charge in [0.05, 0.1) is 5.69 Å². The number of fused-ring (bicyclic) bond motifs is 6. The van der Waals surface area contributed by atoms with Gasteiger partial charge in [-0.1, -0.05) is 150 Å². The maximum absolute atomic E-state index is 4.00. The minimum absolute atomic E-state index is 0.0583. The minimum atomic E-state index is -0.118. The summed E-state index contributed by atoms with van der Waals surface area (Å²) in [5.41, 5.74) is 19.2. The molecule has 0 saturated carbocycles. The molecule has 2 nitrogen and oxygen atoms in total. The van der Waals surface area contributed by atoms with E-state index in [-0.39, 0.29) is 16.2 Å². The van der Waals surface area contributed by atoms with Gasteiger partial charge in [0.25, 0.3) is 0 Å². The molecule has 7 aromatic carbocycles. The first-order valence-corrected chi connectivity index (χ1v) is 19.6. The average Bonchev–Trinajstić information content (AvgIpc) is 3.18. The number of para-hydroxylation sites is 2. The molecule has 54 heavy (non-hydrogen) atoms. The fraction of sp³-hybridized carbons (Fsp3) is 0.216. The maximum atomic E-state index is 4.00. The lowest BCUT2D eigenvalue weighted by Crippen LogP contribution is -2.45. The van der Waals surface area contributed by atoms with Crippen molar-refractivity contribution in [1.82, 2.24) is 0 Å². The maximum Gasteiger partial charge on any atom is 0.197 e. The summed E-state index contributed by atoms with van der Waals surface area (Å²) in [6, 6.07) is 52.0. The van der Waals surface area contributed by atoms with Crippen molar-refractivity contribution in [1.29, 1.82) is 0 Å². The molecule has 2 aliphatic heterocycles. The van der Waals surface area contributed by atoms with Crippen molar-refractivity contribution in [2.24, 2.45) is 0 Å². The summed E-state index contributed by atoms with van der Waals surface area (Å²) in [7, 11) is 2.48. The van der Waals surface area contributed by atoms with Gasteiger partial charge in [-0.05, 0) is 115 Å². The lowest BCUT2D eigenvalue weighted by molar-refractivity contribution is 0.332. The normalized spacial score (nSPS) is 16.7. The number of hydrogen-bond donors (Lipinski definition) is 1. The van der Waals surface area contributed by atoms with Crippen LogP contribution in [-0.4, -0.2) is 7.28 Å². The predicted octanol–water partition coefficient (Wildman–Crippen LogP) is 12.3. The minimum Gasteiger partial charge on any atom is -0.355 e. The van der Waals surface area contributed by atoms with Crippen LogP contribution in [0.3, 0.4) is 0 Å². The van der Waals surface area contributed by atoms with E-state index in [2.05, 4.69) is 199 Å². The molecule has 0 atom stereocenters. The van der Waals surface area contributed by atoms with Crippen LogP contribution in [0.25, 0.3) is 33.0 Å². The van der Waals surface area contributed by atoms with Gasteiger partial charge in [-0.2, -0.15) is 0 Å². The SMILES string of the molecule is CC1(C)CCC(C)(C)c2cc(-c3c4c(cc5ccccc35)N3c5ccccc5C(C)(C)c5cccc(c53)[B]4)c(Nc3ccc(-c4ccccc4)cc3)cc21. The Morgan fingerprint density at radius 3 is 1.98 bits per heavy atom. The van der Waals surface area contributed by atoms with Crippen molar-refractivity contribution in [3.8, 4) is 22.3 Å². The molecule has 0 amide bonds. The first-order valence-electron chi connectivity index (χ1n) is 19.6. The molecule has 263 valence electrons. The molecule has 1 radical (unpaired) electrons. The Bertz CT molecular complexity index is 2630. The first kappa shape index (κ1) is 33.1. The fourth-order valence-electron chi connectivity index (χ4n) is 9.73. The van der Waals surface area contributed by atoms with E-state index in [0.717, 1.165) is 17.8 Å². The van der Waals surface area contributed by atoms with Crippen LogP contribution in [0, 0.1) is 0 Å². The third-order valence-corrected chi connectivity index (χ3v) is 12.9. The lowest BCUT2D eigenvalue weighted by atomic mass is 9.55. The van der Waals surface area contributed by atoms with E-state index in [4.69, 9.17) is 0 Å². The topological polar surface area (TPSA) is 15.3 Å². The number of anilines is 5. The smallest absolute Gasteiger partial charge is 0.197 e. The molecule has 0 fully saturated rings.